The summed E-state index contributed by atoms with van der Waals surface area (Å²) in [6.07, 6.45) is 4.39. The monoisotopic (exact) mass is 332 g/mol. The molecule has 126 valence electrons. The van der Waals surface area contributed by atoms with E-state index >= 15 is 0 Å². The van der Waals surface area contributed by atoms with Crippen molar-refractivity contribution in [2.75, 3.05) is 18.0 Å². The smallest absolute Gasteiger partial charge is 0.165 e. The summed E-state index contributed by atoms with van der Waals surface area (Å²) >= 11 is 0. The van der Waals surface area contributed by atoms with E-state index in [0.29, 0.717) is 6.54 Å². The molecule has 6 nitrogen and oxygen atoms in total. The fourth-order valence-corrected chi connectivity index (χ4v) is 3.69. The highest BCUT2D eigenvalue weighted by Crippen LogP contribution is 2.34. The third-order valence-electron chi connectivity index (χ3n) is 4.90. The highest BCUT2D eigenvalue weighted by Gasteiger charge is 2.27. The first kappa shape index (κ1) is 14.6. The number of para-hydroxylation sites is 1. The predicted molar refractivity (Wildman–Crippen MR) is 96.0 cm³/mol. The number of benzene rings is 1. The van der Waals surface area contributed by atoms with Gasteiger partial charge in [0.15, 0.2) is 17.5 Å². The van der Waals surface area contributed by atoms with E-state index < -0.39 is 0 Å². The summed E-state index contributed by atoms with van der Waals surface area (Å²) in [5.41, 5.74) is 2.12. The molecule has 6 heteroatoms. The summed E-state index contributed by atoms with van der Waals surface area (Å²) in [5.74, 6) is 2.80. The van der Waals surface area contributed by atoms with Crippen molar-refractivity contribution in [1.29, 1.82) is 0 Å². The molecule has 0 saturated carbocycles. The summed E-state index contributed by atoms with van der Waals surface area (Å²) in [6.45, 7) is 3.82. The van der Waals surface area contributed by atoms with Crippen molar-refractivity contribution < 1.29 is 0 Å². The number of likely N-dealkylation sites (tertiary alicyclic amines) is 1. The zero-order valence-corrected chi connectivity index (χ0v) is 14.0. The maximum absolute atomic E-state index is 4.83. The zero-order valence-electron chi connectivity index (χ0n) is 14.0. The first-order valence-corrected chi connectivity index (χ1v) is 8.84. The van der Waals surface area contributed by atoms with Crippen LogP contribution < -0.4 is 4.90 Å². The first-order chi connectivity index (χ1) is 12.4. The molecule has 1 fully saturated rings. The van der Waals surface area contributed by atoms with Crippen LogP contribution in [-0.2, 0) is 13.1 Å². The number of pyridine rings is 1. The summed E-state index contributed by atoms with van der Waals surface area (Å²) < 4.78 is 1.97. The van der Waals surface area contributed by atoms with Crippen molar-refractivity contribution in [2.24, 2.45) is 0 Å². The third kappa shape index (κ3) is 2.59. The average Bonchev–Trinajstić information content (AvgIpc) is 3.31. The Labute approximate surface area is 146 Å². The van der Waals surface area contributed by atoms with Crippen LogP contribution in [0.2, 0.25) is 0 Å². The van der Waals surface area contributed by atoms with Crippen molar-refractivity contribution in [3.63, 3.8) is 0 Å². The van der Waals surface area contributed by atoms with Gasteiger partial charge in [0.1, 0.15) is 5.69 Å². The van der Waals surface area contributed by atoms with Crippen molar-refractivity contribution >= 4 is 11.5 Å². The number of fused-ring (bicyclic) bond motifs is 3. The van der Waals surface area contributed by atoms with Gasteiger partial charge >= 0.3 is 0 Å². The van der Waals surface area contributed by atoms with E-state index in [4.69, 9.17) is 10.1 Å². The number of rotatable bonds is 3. The Morgan fingerprint density at radius 3 is 2.64 bits per heavy atom. The topological polar surface area (TPSA) is 50.1 Å². The molecule has 1 saturated heterocycles. The fraction of sp³-hybridized carbons (Fsp3) is 0.316. The van der Waals surface area contributed by atoms with Crippen LogP contribution in [0, 0.1) is 0 Å². The second-order valence-electron chi connectivity index (χ2n) is 6.61. The molecule has 5 rings (SSSR count). The van der Waals surface area contributed by atoms with Gasteiger partial charge in [0.25, 0.3) is 0 Å². The minimum absolute atomic E-state index is 0.682. The number of hydrogen-bond acceptors (Lipinski definition) is 5. The lowest BCUT2D eigenvalue weighted by molar-refractivity contribution is 0.322. The van der Waals surface area contributed by atoms with Gasteiger partial charge in [-0.2, -0.15) is 0 Å². The zero-order chi connectivity index (χ0) is 16.6. The summed E-state index contributed by atoms with van der Waals surface area (Å²) in [4.78, 5) is 14.1. The normalized spacial score (nSPS) is 16.7. The first-order valence-electron chi connectivity index (χ1n) is 8.84. The average molecular weight is 332 g/mol. The molecule has 1 aromatic carbocycles. The Kier molecular flexibility index (Phi) is 3.48. The SMILES string of the molecule is c1ccc(N2Cc3nc(CN4CCCC4)nn3-c3cccnc32)cc1. The Morgan fingerprint density at radius 2 is 1.80 bits per heavy atom. The van der Waals surface area contributed by atoms with E-state index in [1.807, 2.05) is 23.0 Å². The van der Waals surface area contributed by atoms with Gasteiger partial charge in [-0.05, 0) is 50.2 Å². The van der Waals surface area contributed by atoms with Crippen molar-refractivity contribution in [2.45, 2.75) is 25.9 Å². The molecule has 2 aromatic heterocycles. The fourth-order valence-electron chi connectivity index (χ4n) is 3.69. The number of nitrogens with zero attached hydrogens (tertiary/aromatic N) is 6. The molecule has 2 aliphatic heterocycles. The van der Waals surface area contributed by atoms with Crippen molar-refractivity contribution in [1.82, 2.24) is 24.6 Å². The lowest BCUT2D eigenvalue weighted by Gasteiger charge is -2.29. The van der Waals surface area contributed by atoms with Crippen molar-refractivity contribution in [3.05, 3.63) is 60.3 Å². The van der Waals surface area contributed by atoms with Gasteiger partial charge in [0.05, 0.1) is 13.1 Å². The lowest BCUT2D eigenvalue weighted by Crippen LogP contribution is -2.26. The van der Waals surface area contributed by atoms with Crippen molar-refractivity contribution in [3.8, 4) is 5.69 Å². The molecular formula is C19H20N6. The van der Waals surface area contributed by atoms with E-state index in [1.54, 1.807) is 0 Å². The molecule has 2 aliphatic rings. The Bertz CT molecular complexity index is 882. The van der Waals surface area contributed by atoms with Gasteiger partial charge in [-0.3, -0.25) is 4.90 Å². The second-order valence-corrected chi connectivity index (χ2v) is 6.61. The molecular weight excluding hydrogens is 312 g/mol. The van der Waals surface area contributed by atoms with Crippen LogP contribution in [0.15, 0.2) is 48.7 Å². The molecule has 4 heterocycles. The minimum atomic E-state index is 0.682. The van der Waals surface area contributed by atoms with E-state index in [-0.39, 0.29) is 0 Å². The van der Waals surface area contributed by atoms with Crippen LogP contribution in [0.1, 0.15) is 24.5 Å². The van der Waals surface area contributed by atoms with E-state index in [2.05, 4.69) is 45.1 Å². The Morgan fingerprint density at radius 1 is 0.960 bits per heavy atom. The summed E-state index contributed by atoms with van der Waals surface area (Å²) in [7, 11) is 0. The maximum Gasteiger partial charge on any atom is 0.165 e. The van der Waals surface area contributed by atoms with Crippen LogP contribution in [-0.4, -0.2) is 37.7 Å². The van der Waals surface area contributed by atoms with Crippen LogP contribution in [0.3, 0.4) is 0 Å². The second kappa shape index (κ2) is 5.97. The Balaban J connectivity index is 1.54. The highest BCUT2D eigenvalue weighted by atomic mass is 15.4. The molecule has 0 spiro atoms. The molecule has 0 bridgehead atoms. The number of anilines is 2. The minimum Gasteiger partial charge on any atom is -0.317 e. The quantitative estimate of drug-likeness (QED) is 0.738. The summed E-state index contributed by atoms with van der Waals surface area (Å²) in [5, 5.41) is 4.78. The standard InChI is InChI=1S/C19H20N6/c1-2-7-15(8-3-1)24-14-18-21-17(13-23-11-4-5-12-23)22-25(18)16-9-6-10-20-19(16)24/h1-3,6-10H,4-5,11-14H2. The largest absolute Gasteiger partial charge is 0.317 e. The molecule has 0 unspecified atom stereocenters. The lowest BCUT2D eigenvalue weighted by atomic mass is 10.2. The number of aromatic nitrogens is 4. The van der Waals surface area contributed by atoms with Gasteiger partial charge in [-0.1, -0.05) is 18.2 Å². The van der Waals surface area contributed by atoms with Crippen LogP contribution in [0.5, 0.6) is 0 Å². The summed E-state index contributed by atoms with van der Waals surface area (Å²) in [6, 6.07) is 14.4. The third-order valence-corrected chi connectivity index (χ3v) is 4.90. The van der Waals surface area contributed by atoms with E-state index in [0.717, 1.165) is 48.5 Å². The van der Waals surface area contributed by atoms with E-state index in [9.17, 15) is 0 Å². The van der Waals surface area contributed by atoms with Crippen LogP contribution in [0.4, 0.5) is 11.5 Å². The predicted octanol–water partition coefficient (Wildman–Crippen LogP) is 2.91. The van der Waals surface area contributed by atoms with Gasteiger partial charge in [-0.25, -0.2) is 14.6 Å². The molecule has 0 radical (unpaired) electrons. The van der Waals surface area contributed by atoms with Gasteiger partial charge in [0, 0.05) is 11.9 Å². The van der Waals surface area contributed by atoms with Gasteiger partial charge in [0.2, 0.25) is 0 Å². The molecule has 0 aliphatic carbocycles. The molecule has 0 amide bonds. The maximum atomic E-state index is 4.83. The number of hydrogen-bond donors (Lipinski definition) is 0. The van der Waals surface area contributed by atoms with Gasteiger partial charge in [-0.15, -0.1) is 5.10 Å². The molecule has 0 atom stereocenters. The van der Waals surface area contributed by atoms with Crippen LogP contribution >= 0.6 is 0 Å². The Hall–Kier alpha value is -2.73. The van der Waals surface area contributed by atoms with Gasteiger partial charge < -0.3 is 4.90 Å². The van der Waals surface area contributed by atoms with E-state index in [1.165, 1.54) is 12.8 Å². The highest BCUT2D eigenvalue weighted by molar-refractivity contribution is 5.69. The molecule has 3 aromatic rings. The molecule has 25 heavy (non-hydrogen) atoms. The van der Waals surface area contributed by atoms with Crippen LogP contribution in [0.25, 0.3) is 5.69 Å². The molecule has 0 N–H and O–H groups in total.